The molecule has 0 aliphatic carbocycles. The number of carbonyl (C=O) groups excluding carboxylic acids is 1. The highest BCUT2D eigenvalue weighted by atomic mass is 32.1. The SMILES string of the molecule is Cc1nn(-c2ccccc2)c(C)c1CC(=O)Nc1nc(-c2ccccn2)cs1. The Kier molecular flexibility index (Phi) is 4.99. The maximum Gasteiger partial charge on any atom is 0.230 e. The summed E-state index contributed by atoms with van der Waals surface area (Å²) < 4.78 is 1.88. The summed E-state index contributed by atoms with van der Waals surface area (Å²) in [6, 6.07) is 15.6. The molecule has 0 unspecified atom stereocenters. The molecule has 28 heavy (non-hydrogen) atoms. The van der Waals surface area contributed by atoms with Crippen molar-refractivity contribution in [3.05, 3.63) is 77.1 Å². The smallest absolute Gasteiger partial charge is 0.230 e. The van der Waals surface area contributed by atoms with E-state index in [4.69, 9.17) is 0 Å². The van der Waals surface area contributed by atoms with E-state index in [0.29, 0.717) is 5.13 Å². The van der Waals surface area contributed by atoms with Crippen molar-refractivity contribution in [3.8, 4) is 17.1 Å². The van der Waals surface area contributed by atoms with Crippen molar-refractivity contribution in [1.82, 2.24) is 19.7 Å². The number of para-hydroxylation sites is 1. The molecular formula is C21H19N5OS. The largest absolute Gasteiger partial charge is 0.302 e. The molecule has 0 saturated carbocycles. The van der Waals surface area contributed by atoms with Crippen molar-refractivity contribution in [1.29, 1.82) is 0 Å². The molecule has 0 saturated heterocycles. The lowest BCUT2D eigenvalue weighted by Gasteiger charge is -2.05. The quantitative estimate of drug-likeness (QED) is 0.555. The molecule has 3 aromatic heterocycles. The Bertz CT molecular complexity index is 1100. The van der Waals surface area contributed by atoms with Crippen LogP contribution in [0.4, 0.5) is 5.13 Å². The van der Waals surface area contributed by atoms with Gasteiger partial charge >= 0.3 is 0 Å². The van der Waals surface area contributed by atoms with Crippen molar-refractivity contribution < 1.29 is 4.79 Å². The molecule has 6 nitrogen and oxygen atoms in total. The number of hydrogen-bond donors (Lipinski definition) is 1. The monoisotopic (exact) mass is 389 g/mol. The van der Waals surface area contributed by atoms with Crippen LogP contribution in [-0.4, -0.2) is 25.7 Å². The van der Waals surface area contributed by atoms with Crippen LogP contribution in [-0.2, 0) is 11.2 Å². The highest BCUT2D eigenvalue weighted by Gasteiger charge is 2.17. The predicted octanol–water partition coefficient (Wildman–Crippen LogP) is 4.19. The summed E-state index contributed by atoms with van der Waals surface area (Å²) in [7, 11) is 0. The van der Waals surface area contributed by atoms with Gasteiger partial charge in [-0.05, 0) is 38.1 Å². The van der Waals surface area contributed by atoms with Crippen LogP contribution in [0.25, 0.3) is 17.1 Å². The number of amides is 1. The third-order valence-corrected chi connectivity index (χ3v) is 5.21. The van der Waals surface area contributed by atoms with Crippen molar-refractivity contribution in [2.24, 2.45) is 0 Å². The third-order valence-electron chi connectivity index (χ3n) is 4.46. The maximum absolute atomic E-state index is 12.6. The van der Waals surface area contributed by atoms with Crippen LogP contribution in [0, 0.1) is 13.8 Å². The van der Waals surface area contributed by atoms with E-state index in [1.54, 1.807) is 6.20 Å². The van der Waals surface area contributed by atoms with Gasteiger partial charge in [0.05, 0.1) is 23.5 Å². The Hall–Kier alpha value is -3.32. The van der Waals surface area contributed by atoms with Crippen LogP contribution in [0.15, 0.2) is 60.1 Å². The van der Waals surface area contributed by atoms with Crippen molar-refractivity contribution >= 4 is 22.4 Å². The van der Waals surface area contributed by atoms with E-state index >= 15 is 0 Å². The molecule has 3 heterocycles. The second kappa shape index (κ2) is 7.74. The average Bonchev–Trinajstić information content (AvgIpc) is 3.29. The number of thiazole rings is 1. The van der Waals surface area contributed by atoms with Crippen molar-refractivity contribution in [2.45, 2.75) is 20.3 Å². The Morgan fingerprint density at radius 2 is 1.86 bits per heavy atom. The third kappa shape index (κ3) is 3.70. The molecule has 1 amide bonds. The number of rotatable bonds is 5. The van der Waals surface area contributed by atoms with Gasteiger partial charge in [0, 0.05) is 22.8 Å². The second-order valence-electron chi connectivity index (χ2n) is 6.37. The summed E-state index contributed by atoms with van der Waals surface area (Å²) in [6.07, 6.45) is 1.98. The first-order valence-electron chi connectivity index (χ1n) is 8.89. The van der Waals surface area contributed by atoms with Crippen LogP contribution in [0.5, 0.6) is 0 Å². The zero-order chi connectivity index (χ0) is 19.5. The zero-order valence-electron chi connectivity index (χ0n) is 15.6. The molecule has 0 spiro atoms. The summed E-state index contributed by atoms with van der Waals surface area (Å²) in [5.74, 6) is -0.110. The van der Waals surface area contributed by atoms with Gasteiger partial charge in [-0.25, -0.2) is 9.67 Å². The van der Waals surface area contributed by atoms with E-state index < -0.39 is 0 Å². The normalized spacial score (nSPS) is 10.8. The molecule has 4 rings (SSSR count). The van der Waals surface area contributed by atoms with E-state index in [1.807, 2.05) is 72.4 Å². The number of pyridine rings is 1. The first-order chi connectivity index (χ1) is 13.6. The Balaban J connectivity index is 1.49. The number of nitrogens with one attached hydrogen (secondary N) is 1. The highest BCUT2D eigenvalue weighted by Crippen LogP contribution is 2.24. The number of benzene rings is 1. The van der Waals surface area contributed by atoms with Crippen LogP contribution in [0.2, 0.25) is 0 Å². The van der Waals surface area contributed by atoms with Crippen molar-refractivity contribution in [3.63, 3.8) is 0 Å². The first kappa shape index (κ1) is 18.1. The van der Waals surface area contributed by atoms with Gasteiger partial charge in [0.25, 0.3) is 0 Å². The fourth-order valence-electron chi connectivity index (χ4n) is 3.04. The van der Waals surface area contributed by atoms with Gasteiger partial charge in [0.2, 0.25) is 5.91 Å². The predicted molar refractivity (Wildman–Crippen MR) is 111 cm³/mol. The van der Waals surface area contributed by atoms with Gasteiger partial charge in [0.1, 0.15) is 5.69 Å². The lowest BCUT2D eigenvalue weighted by Crippen LogP contribution is -2.15. The van der Waals surface area contributed by atoms with Gasteiger partial charge in [-0.15, -0.1) is 11.3 Å². The minimum Gasteiger partial charge on any atom is -0.302 e. The fraction of sp³-hybridized carbons (Fsp3) is 0.143. The van der Waals surface area contributed by atoms with Gasteiger partial charge in [0.15, 0.2) is 5.13 Å². The molecule has 0 radical (unpaired) electrons. The average molecular weight is 389 g/mol. The van der Waals surface area contributed by atoms with Crippen LogP contribution in [0.1, 0.15) is 17.0 Å². The molecule has 140 valence electrons. The maximum atomic E-state index is 12.6. The van der Waals surface area contributed by atoms with Crippen LogP contribution < -0.4 is 5.32 Å². The van der Waals surface area contributed by atoms with Gasteiger partial charge in [-0.2, -0.15) is 5.10 Å². The Morgan fingerprint density at radius 1 is 1.07 bits per heavy atom. The number of anilines is 1. The molecule has 4 aromatic rings. The van der Waals surface area contributed by atoms with Gasteiger partial charge in [-0.1, -0.05) is 24.3 Å². The Morgan fingerprint density at radius 3 is 2.61 bits per heavy atom. The standard InChI is InChI=1S/C21H19N5OS/c1-14-17(15(2)26(25-14)16-8-4-3-5-9-16)12-20(27)24-21-23-19(13-28-21)18-10-6-7-11-22-18/h3-11,13H,12H2,1-2H3,(H,23,24,27). The minimum atomic E-state index is -0.110. The first-order valence-corrected chi connectivity index (χ1v) is 9.77. The molecule has 0 fully saturated rings. The van der Waals surface area contributed by atoms with Crippen LogP contribution >= 0.6 is 11.3 Å². The molecule has 1 aromatic carbocycles. The van der Waals surface area contributed by atoms with E-state index in [2.05, 4.69) is 20.4 Å². The molecule has 0 aliphatic heterocycles. The van der Waals surface area contributed by atoms with E-state index in [-0.39, 0.29) is 12.3 Å². The van der Waals surface area contributed by atoms with E-state index in [0.717, 1.165) is 34.0 Å². The summed E-state index contributed by atoms with van der Waals surface area (Å²) >= 11 is 1.39. The molecule has 0 atom stereocenters. The summed E-state index contributed by atoms with van der Waals surface area (Å²) in [5.41, 5.74) is 5.27. The molecule has 1 N–H and O–H groups in total. The lowest BCUT2D eigenvalue weighted by molar-refractivity contribution is -0.115. The molecule has 0 aliphatic rings. The van der Waals surface area contributed by atoms with Crippen LogP contribution in [0.3, 0.4) is 0 Å². The summed E-state index contributed by atoms with van der Waals surface area (Å²) in [5, 5.41) is 9.94. The van der Waals surface area contributed by atoms with Crippen molar-refractivity contribution in [2.75, 3.05) is 5.32 Å². The lowest BCUT2D eigenvalue weighted by atomic mass is 10.1. The van der Waals surface area contributed by atoms with E-state index in [9.17, 15) is 4.79 Å². The molecule has 0 bridgehead atoms. The minimum absolute atomic E-state index is 0.110. The molecule has 7 heteroatoms. The second-order valence-corrected chi connectivity index (χ2v) is 7.23. The summed E-state index contributed by atoms with van der Waals surface area (Å²) in [4.78, 5) is 21.3. The number of nitrogens with zero attached hydrogens (tertiary/aromatic N) is 4. The van der Waals surface area contributed by atoms with Gasteiger partial charge < -0.3 is 5.32 Å². The topological polar surface area (TPSA) is 72.7 Å². The number of aromatic nitrogens is 4. The number of hydrogen-bond acceptors (Lipinski definition) is 5. The summed E-state index contributed by atoms with van der Waals surface area (Å²) in [6.45, 7) is 3.91. The number of aryl methyl sites for hydroxylation is 1. The zero-order valence-corrected chi connectivity index (χ0v) is 16.4. The van der Waals surface area contributed by atoms with E-state index in [1.165, 1.54) is 11.3 Å². The Labute approximate surface area is 166 Å². The van der Waals surface area contributed by atoms with Gasteiger partial charge in [-0.3, -0.25) is 9.78 Å². The molecular weight excluding hydrogens is 370 g/mol. The fourth-order valence-corrected chi connectivity index (χ4v) is 3.76. The number of carbonyl (C=O) groups is 1. The highest BCUT2D eigenvalue weighted by molar-refractivity contribution is 7.14.